The van der Waals surface area contributed by atoms with Crippen molar-refractivity contribution in [1.29, 1.82) is 0 Å². The zero-order chi connectivity index (χ0) is 8.97. The third-order valence-electron chi connectivity index (χ3n) is 1.70. The van der Waals surface area contributed by atoms with Gasteiger partial charge in [0.1, 0.15) is 0 Å². The number of terminal acetylenes is 2. The summed E-state index contributed by atoms with van der Waals surface area (Å²) in [7, 11) is -1.18. The van der Waals surface area contributed by atoms with Crippen molar-refractivity contribution in [3.8, 4) is 23.9 Å². The predicted molar refractivity (Wildman–Crippen MR) is 54.2 cm³/mol. The zero-order valence-electron chi connectivity index (χ0n) is 6.96. The van der Waals surface area contributed by atoms with Crippen molar-refractivity contribution >= 4 is 14.0 Å². The molecule has 0 spiro atoms. The third-order valence-corrected chi connectivity index (χ3v) is 3.38. The van der Waals surface area contributed by atoms with E-state index < -0.39 is 8.80 Å². The Bertz CT molecular complexity index is 338. The lowest BCUT2D eigenvalue weighted by atomic mass is 10.2. The van der Waals surface area contributed by atoms with E-state index in [1.54, 1.807) is 0 Å². The van der Waals surface area contributed by atoms with Crippen molar-refractivity contribution in [2.75, 3.05) is 0 Å². The van der Waals surface area contributed by atoms with Gasteiger partial charge in [0.05, 0.1) is 0 Å². The van der Waals surface area contributed by atoms with Crippen molar-refractivity contribution in [3.05, 3.63) is 29.8 Å². The van der Waals surface area contributed by atoms with Crippen LogP contribution >= 0.6 is 0 Å². The normalized spacial score (nSPS) is 9.00. The molecule has 0 N–H and O–H groups in total. The van der Waals surface area contributed by atoms with Gasteiger partial charge in [-0.15, -0.1) is 23.9 Å². The van der Waals surface area contributed by atoms with E-state index in [4.69, 9.17) is 12.8 Å². The molecule has 1 aromatic carbocycles. The molecule has 57 valence electrons. The standard InChI is InChI=1S/C11H9Si/c1-4-12(5-2)11-9-7-6-8-10(11)3/h1-2,6-9H,3H3. The van der Waals surface area contributed by atoms with Crippen LogP contribution in [0.15, 0.2) is 24.3 Å². The van der Waals surface area contributed by atoms with Gasteiger partial charge in [0.15, 0.2) is 0 Å². The second-order valence-electron chi connectivity index (χ2n) is 2.48. The average molecular weight is 169 g/mol. The van der Waals surface area contributed by atoms with Crippen molar-refractivity contribution < 1.29 is 0 Å². The zero-order valence-corrected chi connectivity index (χ0v) is 7.96. The van der Waals surface area contributed by atoms with Gasteiger partial charge in [-0.3, -0.25) is 0 Å². The molecule has 1 aromatic rings. The fourth-order valence-electron chi connectivity index (χ4n) is 1.05. The Morgan fingerprint density at radius 3 is 2.25 bits per heavy atom. The lowest BCUT2D eigenvalue weighted by Crippen LogP contribution is -2.29. The van der Waals surface area contributed by atoms with Crippen LogP contribution in [0.25, 0.3) is 0 Å². The van der Waals surface area contributed by atoms with Crippen LogP contribution in [0.2, 0.25) is 0 Å². The van der Waals surface area contributed by atoms with E-state index in [9.17, 15) is 0 Å². The Kier molecular flexibility index (Phi) is 2.75. The number of hydrogen-bond donors (Lipinski definition) is 0. The Hall–Kier alpha value is -1.44. The Labute approximate surface area is 75.2 Å². The van der Waals surface area contributed by atoms with Crippen molar-refractivity contribution in [3.63, 3.8) is 0 Å². The highest BCUT2D eigenvalue weighted by Crippen LogP contribution is 1.94. The summed E-state index contributed by atoms with van der Waals surface area (Å²) >= 11 is 0. The minimum absolute atomic E-state index is 1.16. The summed E-state index contributed by atoms with van der Waals surface area (Å²) in [5, 5.41) is 1.16. The molecule has 12 heavy (non-hydrogen) atoms. The van der Waals surface area contributed by atoms with Crippen LogP contribution in [0.5, 0.6) is 0 Å². The van der Waals surface area contributed by atoms with Gasteiger partial charge < -0.3 is 0 Å². The molecule has 0 nitrogen and oxygen atoms in total. The van der Waals surface area contributed by atoms with Crippen LogP contribution in [-0.2, 0) is 0 Å². The van der Waals surface area contributed by atoms with Crippen LogP contribution in [0.4, 0.5) is 0 Å². The van der Waals surface area contributed by atoms with E-state index in [2.05, 4.69) is 11.1 Å². The molecule has 0 aliphatic carbocycles. The largest absolute Gasteiger partial charge is 0.266 e. The van der Waals surface area contributed by atoms with Crippen molar-refractivity contribution in [2.45, 2.75) is 6.92 Å². The molecular formula is C11H9Si. The molecule has 0 unspecified atom stereocenters. The van der Waals surface area contributed by atoms with Gasteiger partial charge in [-0.1, -0.05) is 29.8 Å². The highest BCUT2D eigenvalue weighted by atomic mass is 28.3. The maximum absolute atomic E-state index is 5.34. The van der Waals surface area contributed by atoms with Gasteiger partial charge >= 0.3 is 0 Å². The van der Waals surface area contributed by atoms with Crippen molar-refractivity contribution in [2.24, 2.45) is 0 Å². The van der Waals surface area contributed by atoms with Gasteiger partial charge in [0.2, 0.25) is 0 Å². The second kappa shape index (κ2) is 3.81. The molecule has 0 aliphatic rings. The number of rotatable bonds is 1. The highest BCUT2D eigenvalue weighted by Gasteiger charge is 2.09. The van der Waals surface area contributed by atoms with E-state index in [1.165, 1.54) is 5.56 Å². The highest BCUT2D eigenvalue weighted by molar-refractivity contribution is 6.87. The molecule has 0 atom stereocenters. The maximum atomic E-state index is 5.34. The maximum Gasteiger partial charge on any atom is 0.266 e. The molecule has 0 fully saturated rings. The summed E-state index contributed by atoms with van der Waals surface area (Å²) in [6.07, 6.45) is 10.7. The molecule has 0 aromatic heterocycles. The van der Waals surface area contributed by atoms with Crippen LogP contribution in [0, 0.1) is 30.9 Å². The smallest absolute Gasteiger partial charge is 0.126 e. The minimum Gasteiger partial charge on any atom is -0.126 e. The first kappa shape index (κ1) is 8.65. The van der Waals surface area contributed by atoms with Gasteiger partial charge in [0, 0.05) is 0 Å². The second-order valence-corrected chi connectivity index (χ2v) is 4.34. The molecule has 0 saturated heterocycles. The first-order chi connectivity index (χ1) is 5.79. The Balaban J connectivity index is 3.13. The monoisotopic (exact) mass is 169 g/mol. The molecule has 0 amide bonds. The Morgan fingerprint density at radius 1 is 1.17 bits per heavy atom. The lowest BCUT2D eigenvalue weighted by molar-refractivity contribution is 1.51. The predicted octanol–water partition coefficient (Wildman–Crippen LogP) is 1.04. The summed E-state index contributed by atoms with van der Waals surface area (Å²) in [6.45, 7) is 2.04. The number of aryl methyl sites for hydroxylation is 1. The molecule has 0 saturated carbocycles. The van der Waals surface area contributed by atoms with E-state index >= 15 is 0 Å². The van der Waals surface area contributed by atoms with Gasteiger partial charge in [-0.2, -0.15) is 0 Å². The molecule has 1 radical (unpaired) electrons. The summed E-state index contributed by atoms with van der Waals surface area (Å²) < 4.78 is 0. The molecule has 1 rings (SSSR count). The minimum atomic E-state index is -1.18. The molecule has 0 aliphatic heterocycles. The Morgan fingerprint density at radius 2 is 1.75 bits per heavy atom. The fourth-order valence-corrected chi connectivity index (χ4v) is 2.19. The molecular weight excluding hydrogens is 160 g/mol. The van der Waals surface area contributed by atoms with Crippen LogP contribution in [-0.4, -0.2) is 8.80 Å². The summed E-state index contributed by atoms with van der Waals surface area (Å²) in [6, 6.07) is 8.02. The van der Waals surface area contributed by atoms with Gasteiger partial charge in [0.25, 0.3) is 8.80 Å². The lowest BCUT2D eigenvalue weighted by Gasteiger charge is -2.03. The molecule has 1 heteroatoms. The van der Waals surface area contributed by atoms with E-state index in [0.29, 0.717) is 0 Å². The van der Waals surface area contributed by atoms with Crippen LogP contribution in [0.1, 0.15) is 5.56 Å². The van der Waals surface area contributed by atoms with Gasteiger partial charge in [-0.25, -0.2) is 0 Å². The van der Waals surface area contributed by atoms with Crippen LogP contribution in [0.3, 0.4) is 0 Å². The molecule has 0 heterocycles. The SMILES string of the molecule is C#C[Si](C#C)c1ccccc1C. The van der Waals surface area contributed by atoms with Crippen LogP contribution < -0.4 is 5.19 Å². The summed E-state index contributed by atoms with van der Waals surface area (Å²) in [4.78, 5) is 0. The number of hydrogen-bond acceptors (Lipinski definition) is 0. The average Bonchev–Trinajstić information content (AvgIpc) is 2.10. The number of benzene rings is 1. The quantitative estimate of drug-likeness (QED) is 0.435. The van der Waals surface area contributed by atoms with Crippen molar-refractivity contribution in [1.82, 2.24) is 0 Å². The third kappa shape index (κ3) is 1.59. The topological polar surface area (TPSA) is 0 Å². The van der Waals surface area contributed by atoms with Gasteiger partial charge in [-0.05, 0) is 12.1 Å². The fraction of sp³-hybridized carbons (Fsp3) is 0.0909. The molecule has 0 bridgehead atoms. The summed E-state index contributed by atoms with van der Waals surface area (Å²) in [5.74, 6) is 0. The first-order valence-corrected chi connectivity index (χ1v) is 5.15. The van der Waals surface area contributed by atoms with E-state index in [-0.39, 0.29) is 0 Å². The van der Waals surface area contributed by atoms with E-state index in [1.807, 2.05) is 31.2 Å². The summed E-state index contributed by atoms with van der Waals surface area (Å²) in [5.41, 5.74) is 6.55. The first-order valence-electron chi connectivity index (χ1n) is 3.65. The van der Waals surface area contributed by atoms with E-state index in [0.717, 1.165) is 5.19 Å².